The number of amides is 1. The van der Waals surface area contributed by atoms with Crippen LogP contribution in [0.15, 0.2) is 4.90 Å². The largest absolute Gasteiger partial charge is 0.350 e. The Hall–Kier alpha value is -1.41. The predicted octanol–water partition coefficient (Wildman–Crippen LogP) is 1.10. The third-order valence-corrected chi connectivity index (χ3v) is 5.04. The summed E-state index contributed by atoms with van der Waals surface area (Å²) in [7, 11) is -4.01. The monoisotopic (exact) mass is 314 g/mol. The van der Waals surface area contributed by atoms with Gasteiger partial charge in [-0.2, -0.15) is 5.10 Å². The number of hydrogen-bond acceptors (Lipinski definition) is 4. The van der Waals surface area contributed by atoms with Crippen molar-refractivity contribution >= 4 is 15.9 Å². The molecule has 118 valence electrons. The second kappa shape index (κ2) is 5.42. The van der Waals surface area contributed by atoms with Gasteiger partial charge in [-0.1, -0.05) is 27.2 Å². The minimum Gasteiger partial charge on any atom is -0.350 e. The van der Waals surface area contributed by atoms with Crippen LogP contribution in [-0.4, -0.2) is 31.1 Å². The standard InChI is InChI=1S/C13H22N4O3S/c1-8(2)9-11(21(14,19)20)10(17-16-9)12(18)15-7-13(3)5-4-6-13/h8H,4-7H2,1-3H3,(H,15,18)(H,16,17)(H2,14,19,20). The van der Waals surface area contributed by atoms with Gasteiger partial charge in [-0.3, -0.25) is 9.89 Å². The van der Waals surface area contributed by atoms with Crippen LogP contribution in [0.4, 0.5) is 0 Å². The van der Waals surface area contributed by atoms with Crippen LogP contribution in [0.3, 0.4) is 0 Å². The maximum Gasteiger partial charge on any atom is 0.273 e. The van der Waals surface area contributed by atoms with E-state index < -0.39 is 15.9 Å². The summed E-state index contributed by atoms with van der Waals surface area (Å²) < 4.78 is 23.5. The fourth-order valence-corrected chi connectivity index (χ4v) is 3.51. The Morgan fingerprint density at radius 3 is 2.52 bits per heavy atom. The maximum absolute atomic E-state index is 12.2. The quantitative estimate of drug-likeness (QED) is 0.754. The molecule has 0 spiro atoms. The van der Waals surface area contributed by atoms with Crippen molar-refractivity contribution in [3.63, 3.8) is 0 Å². The molecular weight excluding hydrogens is 292 g/mol. The molecule has 1 aromatic rings. The molecule has 1 aliphatic rings. The SMILES string of the molecule is CC(C)c1[nH]nc(C(=O)NCC2(C)CCC2)c1S(N)(=O)=O. The highest BCUT2D eigenvalue weighted by atomic mass is 32.2. The van der Waals surface area contributed by atoms with Crippen LogP contribution >= 0.6 is 0 Å². The van der Waals surface area contributed by atoms with Gasteiger partial charge in [0, 0.05) is 6.54 Å². The molecule has 1 aromatic heterocycles. The Balaban J connectivity index is 2.25. The van der Waals surface area contributed by atoms with Gasteiger partial charge in [0.15, 0.2) is 5.69 Å². The van der Waals surface area contributed by atoms with Crippen molar-refractivity contribution in [2.45, 2.75) is 50.8 Å². The summed E-state index contributed by atoms with van der Waals surface area (Å²) in [6, 6.07) is 0. The number of nitrogens with one attached hydrogen (secondary N) is 2. The second-order valence-corrected chi connectivity index (χ2v) is 7.86. The van der Waals surface area contributed by atoms with Gasteiger partial charge in [0.05, 0.1) is 5.69 Å². The van der Waals surface area contributed by atoms with E-state index in [1.807, 2.05) is 0 Å². The summed E-state index contributed by atoms with van der Waals surface area (Å²) in [5.41, 5.74) is 0.316. The molecule has 1 fully saturated rings. The van der Waals surface area contributed by atoms with Gasteiger partial charge < -0.3 is 5.32 Å². The maximum atomic E-state index is 12.2. The summed E-state index contributed by atoms with van der Waals surface area (Å²) in [6.45, 7) is 6.22. The van der Waals surface area contributed by atoms with Crippen LogP contribution in [0.1, 0.15) is 62.1 Å². The smallest absolute Gasteiger partial charge is 0.273 e. The lowest BCUT2D eigenvalue weighted by Gasteiger charge is -2.38. The van der Waals surface area contributed by atoms with Crippen LogP contribution in [0.5, 0.6) is 0 Å². The van der Waals surface area contributed by atoms with E-state index >= 15 is 0 Å². The Bertz CT molecular complexity index is 644. The zero-order chi connectivity index (χ0) is 15.8. The molecule has 0 atom stereocenters. The van der Waals surface area contributed by atoms with Crippen LogP contribution in [0, 0.1) is 5.41 Å². The minimum atomic E-state index is -4.01. The molecule has 21 heavy (non-hydrogen) atoms. The zero-order valence-electron chi connectivity index (χ0n) is 12.6. The van der Waals surface area contributed by atoms with Crippen molar-refractivity contribution in [3.8, 4) is 0 Å². The van der Waals surface area contributed by atoms with Crippen LogP contribution in [0.2, 0.25) is 0 Å². The lowest BCUT2D eigenvalue weighted by Crippen LogP contribution is -2.40. The average Bonchev–Trinajstić information content (AvgIpc) is 2.78. The first-order chi connectivity index (χ1) is 9.64. The topological polar surface area (TPSA) is 118 Å². The highest BCUT2D eigenvalue weighted by molar-refractivity contribution is 7.89. The molecule has 1 aliphatic carbocycles. The van der Waals surface area contributed by atoms with Gasteiger partial charge in [-0.05, 0) is 24.2 Å². The van der Waals surface area contributed by atoms with Crippen molar-refractivity contribution in [1.29, 1.82) is 0 Å². The lowest BCUT2D eigenvalue weighted by molar-refractivity contribution is 0.0882. The summed E-state index contributed by atoms with van der Waals surface area (Å²) in [5.74, 6) is -0.633. The molecule has 1 amide bonds. The molecule has 4 N–H and O–H groups in total. The normalized spacial score (nSPS) is 17.6. The predicted molar refractivity (Wildman–Crippen MR) is 78.3 cm³/mol. The number of H-pyrrole nitrogens is 1. The lowest BCUT2D eigenvalue weighted by atomic mass is 9.70. The molecule has 0 saturated heterocycles. The average molecular weight is 314 g/mol. The van der Waals surface area contributed by atoms with Gasteiger partial charge in [-0.25, -0.2) is 13.6 Å². The van der Waals surface area contributed by atoms with Crippen molar-refractivity contribution in [2.24, 2.45) is 10.6 Å². The molecule has 1 saturated carbocycles. The Morgan fingerprint density at radius 1 is 1.48 bits per heavy atom. The molecule has 0 aliphatic heterocycles. The van der Waals surface area contributed by atoms with Crippen molar-refractivity contribution in [2.75, 3.05) is 6.54 Å². The Kier molecular flexibility index (Phi) is 4.12. The van der Waals surface area contributed by atoms with Crippen LogP contribution in [-0.2, 0) is 10.0 Å². The number of nitrogens with zero attached hydrogens (tertiary/aromatic N) is 1. The van der Waals surface area contributed by atoms with E-state index in [0.717, 1.165) is 19.3 Å². The van der Waals surface area contributed by atoms with Gasteiger partial charge in [0.2, 0.25) is 10.0 Å². The molecule has 0 unspecified atom stereocenters. The molecule has 0 bridgehead atoms. The number of aromatic amines is 1. The summed E-state index contributed by atoms with van der Waals surface area (Å²) in [5, 5.41) is 14.5. The highest BCUT2D eigenvalue weighted by Gasteiger charge is 2.34. The van der Waals surface area contributed by atoms with E-state index in [1.165, 1.54) is 0 Å². The number of hydrogen-bond donors (Lipinski definition) is 3. The first kappa shape index (κ1) is 16.0. The van der Waals surface area contributed by atoms with Gasteiger partial charge in [0.25, 0.3) is 5.91 Å². The van der Waals surface area contributed by atoms with Gasteiger partial charge in [0.1, 0.15) is 4.90 Å². The van der Waals surface area contributed by atoms with E-state index in [1.54, 1.807) is 13.8 Å². The highest BCUT2D eigenvalue weighted by Crippen LogP contribution is 2.39. The Labute approximate surface area is 124 Å². The Morgan fingerprint density at radius 2 is 2.10 bits per heavy atom. The minimum absolute atomic E-state index is 0.106. The molecule has 0 aromatic carbocycles. The third kappa shape index (κ3) is 3.26. The first-order valence-corrected chi connectivity index (χ1v) is 8.58. The number of primary sulfonamides is 1. The number of nitrogens with two attached hydrogens (primary N) is 1. The number of carbonyl (C=O) groups is 1. The number of rotatable bonds is 5. The fraction of sp³-hybridized carbons (Fsp3) is 0.692. The van der Waals surface area contributed by atoms with E-state index in [0.29, 0.717) is 12.2 Å². The molecule has 2 rings (SSSR count). The number of aromatic nitrogens is 2. The van der Waals surface area contributed by atoms with Gasteiger partial charge in [-0.15, -0.1) is 0 Å². The van der Waals surface area contributed by atoms with E-state index in [4.69, 9.17) is 5.14 Å². The fourth-order valence-electron chi connectivity index (χ4n) is 2.51. The molecular formula is C13H22N4O3S. The molecule has 7 nitrogen and oxygen atoms in total. The van der Waals surface area contributed by atoms with E-state index in [-0.39, 0.29) is 21.9 Å². The summed E-state index contributed by atoms with van der Waals surface area (Å²) in [4.78, 5) is 12.0. The first-order valence-electron chi connectivity index (χ1n) is 7.03. The number of carbonyl (C=O) groups excluding carboxylic acids is 1. The zero-order valence-corrected chi connectivity index (χ0v) is 13.4. The third-order valence-electron chi connectivity index (χ3n) is 4.06. The van der Waals surface area contributed by atoms with Crippen LogP contribution in [0.25, 0.3) is 0 Å². The van der Waals surface area contributed by atoms with E-state index in [9.17, 15) is 13.2 Å². The summed E-state index contributed by atoms with van der Waals surface area (Å²) in [6.07, 6.45) is 3.29. The molecule has 8 heteroatoms. The summed E-state index contributed by atoms with van der Waals surface area (Å²) >= 11 is 0. The molecule has 1 heterocycles. The second-order valence-electron chi connectivity index (χ2n) is 6.36. The van der Waals surface area contributed by atoms with Crippen molar-refractivity contribution in [1.82, 2.24) is 15.5 Å². The van der Waals surface area contributed by atoms with Gasteiger partial charge >= 0.3 is 0 Å². The van der Waals surface area contributed by atoms with Crippen LogP contribution < -0.4 is 10.5 Å². The molecule has 0 radical (unpaired) electrons. The van der Waals surface area contributed by atoms with Crippen molar-refractivity contribution in [3.05, 3.63) is 11.4 Å². The number of sulfonamides is 1. The van der Waals surface area contributed by atoms with E-state index in [2.05, 4.69) is 22.4 Å². The van der Waals surface area contributed by atoms with Crippen molar-refractivity contribution < 1.29 is 13.2 Å².